The van der Waals surface area contributed by atoms with Crippen LogP contribution >= 0.6 is 0 Å². The molecule has 2 aromatic rings. The molecule has 0 amide bonds. The molecule has 5 nitrogen and oxygen atoms in total. The second-order valence-corrected chi connectivity index (χ2v) is 6.32. The van der Waals surface area contributed by atoms with Gasteiger partial charge in [-0.2, -0.15) is 13.7 Å². The number of nitrogens with zero attached hydrogens (tertiary/aromatic N) is 1. The molecule has 0 unspecified atom stereocenters. The number of benzene rings is 2. The van der Waals surface area contributed by atoms with Crippen molar-refractivity contribution in [1.29, 1.82) is 5.26 Å². The first-order valence-corrected chi connectivity index (χ1v) is 8.75. The Labute approximate surface area is 148 Å². The van der Waals surface area contributed by atoms with Crippen LogP contribution in [0.5, 0.6) is 0 Å². The van der Waals surface area contributed by atoms with Gasteiger partial charge in [0.1, 0.15) is 0 Å². The van der Waals surface area contributed by atoms with E-state index in [4.69, 9.17) is 5.26 Å². The van der Waals surface area contributed by atoms with Gasteiger partial charge in [-0.3, -0.25) is 4.79 Å². The number of nitriles is 1. The van der Waals surface area contributed by atoms with Crippen LogP contribution in [-0.4, -0.2) is 26.4 Å². The summed E-state index contributed by atoms with van der Waals surface area (Å²) in [6, 6.07) is 16.4. The Kier molecular flexibility index (Phi) is 6.49. The van der Waals surface area contributed by atoms with E-state index < -0.39 is 10.3 Å². The average Bonchev–Trinajstić information content (AvgIpc) is 2.65. The molecule has 128 valence electrons. The maximum absolute atomic E-state index is 11.5. The van der Waals surface area contributed by atoms with Gasteiger partial charge in [-0.05, 0) is 41.7 Å². The van der Waals surface area contributed by atoms with E-state index in [-0.39, 0.29) is 23.7 Å². The first kappa shape index (κ1) is 18.4. The molecule has 0 aliphatic rings. The number of ether oxygens (including phenoxy) is 1. The quantitative estimate of drug-likeness (QED) is 0.452. The van der Waals surface area contributed by atoms with E-state index in [0.29, 0.717) is 17.5 Å². The minimum Gasteiger partial charge on any atom is -0.469 e. The second kappa shape index (κ2) is 8.81. The van der Waals surface area contributed by atoms with Gasteiger partial charge < -0.3 is 4.74 Å². The van der Waals surface area contributed by atoms with Crippen molar-refractivity contribution in [3.05, 3.63) is 59.7 Å². The lowest BCUT2D eigenvalue weighted by atomic mass is 10.0. The van der Waals surface area contributed by atoms with E-state index in [9.17, 15) is 13.2 Å². The van der Waals surface area contributed by atoms with Crippen LogP contribution in [0.4, 0.5) is 0 Å². The first-order chi connectivity index (χ1) is 12.0. The molecule has 0 aliphatic carbocycles. The molecule has 6 heteroatoms. The molecule has 25 heavy (non-hydrogen) atoms. The molecular formula is C19H17NO4S. The van der Waals surface area contributed by atoms with Crippen molar-refractivity contribution in [3.63, 3.8) is 0 Å². The van der Waals surface area contributed by atoms with E-state index in [1.54, 1.807) is 24.3 Å². The maximum atomic E-state index is 11.5. The van der Waals surface area contributed by atoms with Gasteiger partial charge in [0.05, 0.1) is 23.6 Å². The molecule has 2 rings (SSSR count). The predicted octanol–water partition coefficient (Wildman–Crippen LogP) is 2.97. The van der Waals surface area contributed by atoms with Crippen molar-refractivity contribution in [2.24, 2.45) is 0 Å². The molecule has 0 heterocycles. The summed E-state index contributed by atoms with van der Waals surface area (Å²) in [5.74, 6) is -0.354. The van der Waals surface area contributed by atoms with Crippen LogP contribution in [0.2, 0.25) is 0 Å². The first-order valence-electron chi connectivity index (χ1n) is 7.68. The van der Waals surface area contributed by atoms with Crippen molar-refractivity contribution in [2.45, 2.75) is 19.3 Å². The van der Waals surface area contributed by atoms with Gasteiger partial charge in [-0.25, -0.2) is 0 Å². The topological polar surface area (TPSA) is 84.2 Å². The molecule has 0 bridgehead atoms. The zero-order valence-corrected chi connectivity index (χ0v) is 14.5. The van der Waals surface area contributed by atoms with Gasteiger partial charge in [0.25, 0.3) is 0 Å². The molecule has 0 spiro atoms. The lowest BCUT2D eigenvalue weighted by Gasteiger charge is -2.06. The normalized spacial score (nSPS) is 9.92. The van der Waals surface area contributed by atoms with Gasteiger partial charge >= 0.3 is 5.97 Å². The summed E-state index contributed by atoms with van der Waals surface area (Å²) in [5.41, 5.74) is 3.07. The van der Waals surface area contributed by atoms with Gasteiger partial charge in [0.2, 0.25) is 10.3 Å². The smallest absolute Gasteiger partial charge is 0.305 e. The fraction of sp³-hybridized carbons (Fsp3) is 0.211. The van der Waals surface area contributed by atoms with Crippen LogP contribution in [0, 0.1) is 11.3 Å². The lowest BCUT2D eigenvalue weighted by molar-refractivity contribution is -0.140. The minimum atomic E-state index is -2.35. The highest BCUT2D eigenvalue weighted by Gasteiger charge is 2.09. The van der Waals surface area contributed by atoms with Crippen LogP contribution < -0.4 is 0 Å². The number of carbonyl (C=O) groups excluding carboxylic acids is 1. The molecule has 0 radical (unpaired) electrons. The predicted molar refractivity (Wildman–Crippen MR) is 95.5 cm³/mol. The highest BCUT2D eigenvalue weighted by molar-refractivity contribution is 7.73. The van der Waals surface area contributed by atoms with E-state index >= 15 is 0 Å². The third-order valence-corrected chi connectivity index (χ3v) is 4.61. The monoisotopic (exact) mass is 355 g/mol. The summed E-state index contributed by atoms with van der Waals surface area (Å²) >= 11 is 0. The molecule has 2 aromatic carbocycles. The third kappa shape index (κ3) is 5.03. The Morgan fingerprint density at radius 3 is 2.04 bits per heavy atom. The minimum absolute atomic E-state index is 0.181. The molecule has 0 saturated carbocycles. The van der Waals surface area contributed by atoms with Crippen LogP contribution in [0.15, 0.2) is 48.5 Å². The summed E-state index contributed by atoms with van der Waals surface area (Å²) < 4.78 is 27.5. The number of carbonyl (C=O) groups is 1. The third-order valence-electron chi connectivity index (χ3n) is 3.77. The van der Waals surface area contributed by atoms with Gasteiger partial charge in [0, 0.05) is 6.42 Å². The van der Waals surface area contributed by atoms with Crippen LogP contribution in [0.1, 0.15) is 30.4 Å². The molecule has 0 aromatic heterocycles. The Morgan fingerprint density at radius 2 is 1.56 bits per heavy atom. The molecule has 0 fully saturated rings. The van der Waals surface area contributed by atoms with Crippen molar-refractivity contribution in [1.82, 2.24) is 0 Å². The molecule has 0 saturated heterocycles. The molecule has 0 aliphatic heterocycles. The summed E-state index contributed by atoms with van der Waals surface area (Å²) in [6.45, 7) is 0. The Hall–Kier alpha value is -2.91. The summed E-state index contributed by atoms with van der Waals surface area (Å²) in [4.78, 5) is 11.4. The Morgan fingerprint density at radius 1 is 1.00 bits per heavy atom. The zero-order valence-electron chi connectivity index (χ0n) is 13.7. The fourth-order valence-electron chi connectivity index (χ4n) is 2.41. The van der Waals surface area contributed by atoms with E-state index in [0.717, 1.165) is 11.1 Å². The lowest BCUT2D eigenvalue weighted by Crippen LogP contribution is -2.05. The molecule has 0 N–H and O–H groups in total. The van der Waals surface area contributed by atoms with Crippen LogP contribution in [0.3, 0.4) is 0 Å². The van der Waals surface area contributed by atoms with Crippen molar-refractivity contribution < 1.29 is 17.9 Å². The second-order valence-electron chi connectivity index (χ2n) is 5.35. The number of methoxy groups -OCH3 is 1. The highest BCUT2D eigenvalue weighted by atomic mass is 32.2. The van der Waals surface area contributed by atoms with Gasteiger partial charge in [-0.15, -0.1) is 0 Å². The summed E-state index contributed by atoms with van der Waals surface area (Å²) in [5, 5.41) is 8.83. The number of hydrogen-bond acceptors (Lipinski definition) is 5. The Bertz CT molecular complexity index is 913. The van der Waals surface area contributed by atoms with Crippen LogP contribution in [-0.2, 0) is 19.8 Å². The summed E-state index contributed by atoms with van der Waals surface area (Å²) in [7, 11) is -1.04. The molecule has 0 atom stereocenters. The number of hydrogen-bond donors (Lipinski definition) is 0. The zero-order chi connectivity index (χ0) is 18.2. The molecular weight excluding hydrogens is 338 g/mol. The largest absolute Gasteiger partial charge is 0.469 e. The van der Waals surface area contributed by atoms with Crippen molar-refractivity contribution in [3.8, 4) is 17.2 Å². The van der Waals surface area contributed by atoms with E-state index in [1.165, 1.54) is 7.11 Å². The number of rotatable bonds is 6. The van der Waals surface area contributed by atoms with E-state index in [2.05, 4.69) is 10.8 Å². The van der Waals surface area contributed by atoms with E-state index in [1.807, 2.05) is 24.3 Å². The SMILES string of the molecule is COC(=O)CCCC(c1ccc(-c2ccc(C#N)cc2)cc1)=S(=O)=O. The van der Waals surface area contributed by atoms with Crippen molar-refractivity contribution in [2.75, 3.05) is 7.11 Å². The summed E-state index contributed by atoms with van der Waals surface area (Å²) in [6.07, 6.45) is 0.870. The fourth-order valence-corrected chi connectivity index (χ4v) is 3.04. The van der Waals surface area contributed by atoms with Crippen LogP contribution in [0.25, 0.3) is 11.1 Å². The average molecular weight is 355 g/mol. The highest BCUT2D eigenvalue weighted by Crippen LogP contribution is 2.21. The maximum Gasteiger partial charge on any atom is 0.305 e. The number of esters is 1. The standard InChI is InChI=1S/C19H17NO4S/c1-24-19(21)4-2-3-18(25(22)23)17-11-9-16(10-12-17)15-7-5-14(13-20)6-8-15/h5-12H,2-4H2,1H3. The van der Waals surface area contributed by atoms with Crippen molar-refractivity contribution >= 4 is 21.1 Å². The Balaban J connectivity index is 2.17. The van der Waals surface area contributed by atoms with Gasteiger partial charge in [0.15, 0.2) is 0 Å². The van der Waals surface area contributed by atoms with Gasteiger partial charge in [-0.1, -0.05) is 36.4 Å².